The Morgan fingerprint density at radius 1 is 1.21 bits per heavy atom. The van der Waals surface area contributed by atoms with Crippen LogP contribution in [0.1, 0.15) is 11.4 Å². The average Bonchev–Trinajstić information content (AvgIpc) is 2.41. The third-order valence-corrected chi connectivity index (χ3v) is 3.09. The molecule has 6 heteroatoms. The number of hydrogen-bond acceptors (Lipinski definition) is 3. The second kappa shape index (κ2) is 6.46. The molecule has 1 aromatic carbocycles. The van der Waals surface area contributed by atoms with Gasteiger partial charge in [0.1, 0.15) is 0 Å². The summed E-state index contributed by atoms with van der Waals surface area (Å²) in [4.78, 5) is 19.9. The molecule has 19 heavy (non-hydrogen) atoms. The summed E-state index contributed by atoms with van der Waals surface area (Å²) in [6, 6.07) is 7.31. The number of carbonyl (C=O) groups excluding carboxylic acids is 1. The van der Waals surface area contributed by atoms with Gasteiger partial charge in [0.2, 0.25) is 0 Å². The molecule has 2 amide bonds. The van der Waals surface area contributed by atoms with Crippen LogP contribution < -0.4 is 10.6 Å². The molecule has 0 aliphatic carbocycles. The molecule has 0 aliphatic heterocycles. The van der Waals surface area contributed by atoms with Crippen molar-refractivity contribution in [1.82, 2.24) is 15.3 Å². The summed E-state index contributed by atoms with van der Waals surface area (Å²) in [5, 5.41) is 5.48. The van der Waals surface area contributed by atoms with Gasteiger partial charge in [-0.15, -0.1) is 0 Å². The van der Waals surface area contributed by atoms with Gasteiger partial charge in [0, 0.05) is 15.5 Å². The molecule has 0 atom stereocenters. The van der Waals surface area contributed by atoms with Crippen molar-refractivity contribution >= 4 is 34.3 Å². The van der Waals surface area contributed by atoms with E-state index in [-0.39, 0.29) is 6.03 Å². The molecule has 2 rings (SSSR count). The number of aromatic nitrogens is 2. The van der Waals surface area contributed by atoms with E-state index in [9.17, 15) is 4.79 Å². The number of rotatable bonds is 3. The molecular weight excluding hydrogens is 355 g/mol. The monoisotopic (exact) mass is 368 g/mol. The second-order valence-electron chi connectivity index (χ2n) is 3.96. The van der Waals surface area contributed by atoms with Gasteiger partial charge in [-0.25, -0.2) is 4.79 Å². The third-order valence-electron chi connectivity index (χ3n) is 2.37. The average molecular weight is 368 g/mol. The van der Waals surface area contributed by atoms with Gasteiger partial charge in [0.25, 0.3) is 0 Å². The molecule has 0 fully saturated rings. The zero-order valence-electron chi connectivity index (χ0n) is 10.4. The smallest absolute Gasteiger partial charge is 0.319 e. The van der Waals surface area contributed by atoms with Crippen molar-refractivity contribution < 1.29 is 4.79 Å². The first-order valence-electron chi connectivity index (χ1n) is 5.71. The van der Waals surface area contributed by atoms with Crippen molar-refractivity contribution in [3.8, 4) is 0 Å². The zero-order chi connectivity index (χ0) is 13.7. The Labute approximate surface area is 125 Å². The maximum atomic E-state index is 11.7. The topological polar surface area (TPSA) is 66.9 Å². The predicted molar refractivity (Wildman–Crippen MR) is 81.8 cm³/mol. The zero-order valence-corrected chi connectivity index (χ0v) is 12.5. The van der Waals surface area contributed by atoms with E-state index in [2.05, 4.69) is 43.2 Å². The fraction of sp³-hybridized carbons (Fsp3) is 0.154. The summed E-state index contributed by atoms with van der Waals surface area (Å²) in [6.07, 6.45) is 3.33. The van der Waals surface area contributed by atoms with Gasteiger partial charge >= 0.3 is 6.03 Å². The van der Waals surface area contributed by atoms with Gasteiger partial charge in [0.15, 0.2) is 0 Å². The van der Waals surface area contributed by atoms with Crippen LogP contribution in [0.2, 0.25) is 0 Å². The van der Waals surface area contributed by atoms with Crippen LogP contribution in [0.5, 0.6) is 0 Å². The first-order valence-corrected chi connectivity index (χ1v) is 6.79. The summed E-state index contributed by atoms with van der Waals surface area (Å²) in [5.41, 5.74) is 2.34. The molecule has 5 nitrogen and oxygen atoms in total. The van der Waals surface area contributed by atoms with Crippen molar-refractivity contribution in [3.05, 3.63) is 51.6 Å². The SMILES string of the molecule is Cc1cnc(CNC(=O)Nc2ccc(I)cc2)cn1. The van der Waals surface area contributed by atoms with Gasteiger partial charge in [-0.1, -0.05) is 0 Å². The predicted octanol–water partition coefficient (Wildman–Crippen LogP) is 2.71. The van der Waals surface area contributed by atoms with Crippen LogP contribution >= 0.6 is 22.6 Å². The number of carbonyl (C=O) groups is 1. The molecule has 1 aromatic heterocycles. The van der Waals surface area contributed by atoms with Crippen LogP contribution in [0.4, 0.5) is 10.5 Å². The summed E-state index contributed by atoms with van der Waals surface area (Å²) < 4.78 is 1.12. The van der Waals surface area contributed by atoms with E-state index in [0.717, 1.165) is 20.6 Å². The van der Waals surface area contributed by atoms with Crippen LogP contribution in [0.3, 0.4) is 0 Å². The van der Waals surface area contributed by atoms with E-state index >= 15 is 0 Å². The standard InChI is InChI=1S/C13H13IN4O/c1-9-6-16-12(7-15-9)8-17-13(19)18-11-4-2-10(14)3-5-11/h2-7H,8H2,1H3,(H2,17,18,19). The van der Waals surface area contributed by atoms with Gasteiger partial charge < -0.3 is 10.6 Å². The summed E-state index contributed by atoms with van der Waals surface area (Å²) >= 11 is 2.21. The highest BCUT2D eigenvalue weighted by Crippen LogP contribution is 2.10. The van der Waals surface area contributed by atoms with Gasteiger partial charge in [-0.2, -0.15) is 0 Å². The number of benzene rings is 1. The number of nitrogens with one attached hydrogen (secondary N) is 2. The number of nitrogens with zero attached hydrogens (tertiary/aromatic N) is 2. The van der Waals surface area contributed by atoms with Gasteiger partial charge in [-0.05, 0) is 53.8 Å². The highest BCUT2D eigenvalue weighted by molar-refractivity contribution is 14.1. The second-order valence-corrected chi connectivity index (χ2v) is 5.21. The van der Waals surface area contributed by atoms with Crippen molar-refractivity contribution in [2.75, 3.05) is 5.32 Å². The van der Waals surface area contributed by atoms with Crippen LogP contribution in [0.25, 0.3) is 0 Å². The van der Waals surface area contributed by atoms with Crippen molar-refractivity contribution in [2.24, 2.45) is 0 Å². The number of urea groups is 1. The van der Waals surface area contributed by atoms with E-state index in [4.69, 9.17) is 0 Å². The largest absolute Gasteiger partial charge is 0.332 e. The Hall–Kier alpha value is -1.70. The maximum Gasteiger partial charge on any atom is 0.319 e. The summed E-state index contributed by atoms with van der Waals surface area (Å²) in [7, 11) is 0. The first-order chi connectivity index (χ1) is 9.13. The number of hydrogen-bond donors (Lipinski definition) is 2. The quantitative estimate of drug-likeness (QED) is 0.819. The normalized spacial score (nSPS) is 10.0. The minimum Gasteiger partial charge on any atom is -0.332 e. The molecule has 0 aliphatic rings. The van der Waals surface area contributed by atoms with Crippen molar-refractivity contribution in [2.45, 2.75) is 13.5 Å². The molecule has 0 bridgehead atoms. The lowest BCUT2D eigenvalue weighted by molar-refractivity contribution is 0.251. The van der Waals surface area contributed by atoms with E-state index < -0.39 is 0 Å². The Morgan fingerprint density at radius 2 is 1.95 bits per heavy atom. The number of aryl methyl sites for hydroxylation is 1. The molecule has 0 unspecified atom stereocenters. The van der Waals surface area contributed by atoms with Gasteiger partial charge in [-0.3, -0.25) is 9.97 Å². The molecule has 2 N–H and O–H groups in total. The first kappa shape index (κ1) is 13.7. The fourth-order valence-electron chi connectivity index (χ4n) is 1.39. The van der Waals surface area contributed by atoms with E-state index in [1.54, 1.807) is 12.4 Å². The minimum atomic E-state index is -0.261. The Kier molecular flexibility index (Phi) is 4.67. The Bertz CT molecular complexity index is 554. The molecule has 2 aromatic rings. The van der Waals surface area contributed by atoms with Crippen molar-refractivity contribution in [3.63, 3.8) is 0 Å². The number of halogens is 1. The number of amides is 2. The summed E-state index contributed by atoms with van der Waals surface area (Å²) in [5.74, 6) is 0. The molecule has 0 radical (unpaired) electrons. The van der Waals surface area contributed by atoms with E-state index in [0.29, 0.717) is 6.54 Å². The molecule has 98 valence electrons. The van der Waals surface area contributed by atoms with Crippen LogP contribution in [0, 0.1) is 10.5 Å². The van der Waals surface area contributed by atoms with Crippen molar-refractivity contribution in [1.29, 1.82) is 0 Å². The molecule has 0 spiro atoms. The minimum absolute atomic E-state index is 0.261. The van der Waals surface area contributed by atoms with Crippen LogP contribution in [-0.4, -0.2) is 16.0 Å². The van der Waals surface area contributed by atoms with E-state index in [1.807, 2.05) is 31.2 Å². The molecular formula is C13H13IN4O. The highest BCUT2D eigenvalue weighted by atomic mass is 127. The lowest BCUT2D eigenvalue weighted by Crippen LogP contribution is -2.28. The van der Waals surface area contributed by atoms with Gasteiger partial charge in [0.05, 0.1) is 24.1 Å². The number of anilines is 1. The maximum absolute atomic E-state index is 11.7. The third kappa shape index (κ3) is 4.47. The van der Waals surface area contributed by atoms with Crippen LogP contribution in [-0.2, 0) is 6.54 Å². The Balaban J connectivity index is 1.84. The van der Waals surface area contributed by atoms with Crippen LogP contribution in [0.15, 0.2) is 36.7 Å². The fourth-order valence-corrected chi connectivity index (χ4v) is 1.75. The molecule has 1 heterocycles. The lowest BCUT2D eigenvalue weighted by Gasteiger charge is -2.07. The summed E-state index contributed by atoms with van der Waals surface area (Å²) in [6.45, 7) is 2.22. The van der Waals surface area contributed by atoms with E-state index in [1.165, 1.54) is 0 Å². The highest BCUT2D eigenvalue weighted by Gasteiger charge is 2.02. The Morgan fingerprint density at radius 3 is 2.58 bits per heavy atom. The molecule has 0 saturated carbocycles. The lowest BCUT2D eigenvalue weighted by atomic mass is 10.3. The molecule has 0 saturated heterocycles.